The molecule has 22 nitrogen and oxygen atoms in total. The van der Waals surface area contributed by atoms with Crippen molar-refractivity contribution in [3.05, 3.63) is 35.9 Å². The van der Waals surface area contributed by atoms with Crippen molar-refractivity contribution in [1.82, 2.24) is 31.9 Å². The number of oxime groups is 1. The van der Waals surface area contributed by atoms with Crippen LogP contribution in [0.5, 0.6) is 0 Å². The number of amides is 6. The number of nitrogens with zero attached hydrogens (tertiary/aromatic N) is 2. The van der Waals surface area contributed by atoms with E-state index < -0.39 is 110 Å². The van der Waals surface area contributed by atoms with E-state index in [1.807, 2.05) is 0 Å². The normalized spacial score (nSPS) is 21.2. The van der Waals surface area contributed by atoms with Crippen molar-refractivity contribution in [1.29, 1.82) is 0 Å². The number of alkyl halides is 1. The third kappa shape index (κ3) is 18.5. The van der Waals surface area contributed by atoms with Crippen molar-refractivity contribution in [3.8, 4) is 0 Å². The van der Waals surface area contributed by atoms with Gasteiger partial charge in [-0.1, -0.05) is 35.5 Å². The number of aliphatic imine (C=N–C) groups is 1. The first-order chi connectivity index (χ1) is 27.1. The molecule has 0 aromatic heterocycles. The third-order valence-corrected chi connectivity index (χ3v) is 8.21. The van der Waals surface area contributed by atoms with Gasteiger partial charge in [0, 0.05) is 19.5 Å². The second-order valence-electron chi connectivity index (χ2n) is 12.8. The highest BCUT2D eigenvalue weighted by atomic mass is 18.2. The van der Waals surface area contributed by atoms with Crippen LogP contribution in [0.2, 0.25) is 0 Å². The van der Waals surface area contributed by atoms with Gasteiger partial charge in [-0.25, -0.2) is 4.39 Å². The first-order valence-electron chi connectivity index (χ1n) is 17.9. The van der Waals surface area contributed by atoms with E-state index in [1.54, 1.807) is 30.3 Å². The predicted octanol–water partition coefficient (Wildman–Crippen LogP) is -4.83. The van der Waals surface area contributed by atoms with E-state index in [-0.39, 0.29) is 57.6 Å². The minimum Gasteiger partial charge on any atom is -0.481 e. The van der Waals surface area contributed by atoms with Crippen LogP contribution in [0.25, 0.3) is 0 Å². The molecule has 1 aliphatic heterocycles. The Hall–Kier alpha value is -5.94. The second-order valence-corrected chi connectivity index (χ2v) is 12.8. The molecule has 1 fully saturated rings. The quantitative estimate of drug-likeness (QED) is 0.0255. The van der Waals surface area contributed by atoms with Gasteiger partial charge in [0.05, 0.1) is 19.2 Å². The van der Waals surface area contributed by atoms with E-state index >= 15 is 0 Å². The number of carboxylic acid groups (broad SMARTS) is 1. The number of hydrogen-bond acceptors (Lipinski definition) is 13. The molecule has 2 rings (SSSR count). The van der Waals surface area contributed by atoms with E-state index in [4.69, 9.17) is 16.3 Å². The molecule has 23 heteroatoms. The van der Waals surface area contributed by atoms with Gasteiger partial charge in [0.15, 0.2) is 12.6 Å². The fourth-order valence-corrected chi connectivity index (χ4v) is 5.20. The number of hydrogen-bond donors (Lipinski definition) is 12. The first-order valence-corrected chi connectivity index (χ1v) is 17.9. The average molecular weight is 810 g/mol. The summed E-state index contributed by atoms with van der Waals surface area (Å²) in [7, 11) is 0. The highest BCUT2D eigenvalue weighted by Crippen LogP contribution is 2.09. The molecule has 0 saturated carbocycles. The summed E-state index contributed by atoms with van der Waals surface area (Å²) in [5, 5.41) is 56.0. The van der Waals surface area contributed by atoms with E-state index in [0.717, 1.165) is 0 Å². The summed E-state index contributed by atoms with van der Waals surface area (Å²) in [5.74, 6) is -6.62. The fraction of sp³-hybridized carbons (Fsp3) is 0.559. The SMILES string of the molecule is NC(N)=NCCC[C@@H]1NC(=O)[C@H](CCCCNC(=O)CO/N=C/[C@H](O)[C@H](O)[C@H](O)C[18F])NC(=O)[C@H](Cc2ccccc2)NC(=O)[C@H](CC(=O)O)NC(=O)CNC1=O. The number of rotatable bonds is 20. The Kier molecular flexibility index (Phi) is 20.9. The van der Waals surface area contributed by atoms with Crippen LogP contribution in [-0.4, -0.2) is 149 Å². The molecule has 1 saturated heterocycles. The molecule has 7 atom stereocenters. The summed E-state index contributed by atoms with van der Waals surface area (Å²) in [5.41, 5.74) is 11.4. The van der Waals surface area contributed by atoms with E-state index in [9.17, 15) is 58.4 Å². The Labute approximate surface area is 326 Å². The molecule has 1 aliphatic rings. The predicted molar refractivity (Wildman–Crippen MR) is 198 cm³/mol. The number of carbonyl (C=O) groups is 7. The van der Waals surface area contributed by atoms with Crippen LogP contribution in [0, 0.1) is 0 Å². The van der Waals surface area contributed by atoms with Crippen LogP contribution >= 0.6 is 0 Å². The maximum absolute atomic E-state index is 13.8. The largest absolute Gasteiger partial charge is 0.481 e. The van der Waals surface area contributed by atoms with E-state index in [1.165, 1.54) is 0 Å². The minimum absolute atomic E-state index is 0.00772. The zero-order chi connectivity index (χ0) is 42.3. The maximum Gasteiger partial charge on any atom is 0.305 e. The summed E-state index contributed by atoms with van der Waals surface area (Å²) in [6.45, 7) is -2.45. The summed E-state index contributed by atoms with van der Waals surface area (Å²) >= 11 is 0. The Bertz CT molecular complexity index is 1570. The van der Waals surface area contributed by atoms with Gasteiger partial charge in [0.1, 0.15) is 49.2 Å². The van der Waals surface area contributed by atoms with Crippen molar-refractivity contribution in [3.63, 3.8) is 0 Å². The van der Waals surface area contributed by atoms with Crippen LogP contribution in [0.4, 0.5) is 4.39 Å². The molecular weight excluding hydrogens is 758 g/mol. The zero-order valence-electron chi connectivity index (χ0n) is 31.0. The van der Waals surface area contributed by atoms with Crippen molar-refractivity contribution in [2.45, 2.75) is 87.4 Å². The minimum atomic E-state index is -1.87. The number of aliphatic hydroxyl groups is 3. The molecule has 6 amide bonds. The molecule has 1 aromatic carbocycles. The third-order valence-electron chi connectivity index (χ3n) is 8.21. The zero-order valence-corrected chi connectivity index (χ0v) is 31.0. The van der Waals surface area contributed by atoms with E-state index in [2.05, 4.69) is 42.0 Å². The lowest BCUT2D eigenvalue weighted by molar-refractivity contribution is -0.141. The second kappa shape index (κ2) is 25.3. The van der Waals surface area contributed by atoms with Gasteiger partial charge in [0.2, 0.25) is 29.5 Å². The molecule has 14 N–H and O–H groups in total. The van der Waals surface area contributed by atoms with Gasteiger partial charge in [-0.05, 0) is 37.7 Å². The summed E-state index contributed by atoms with van der Waals surface area (Å²) in [6.07, 6.45) is -5.11. The standard InChI is InChI=1S/C34H51FN10O12/c35-15-24(46)29(52)25(47)16-41-57-18-27(49)38-11-5-4-9-21-31(54)43-20(10-6-12-39-34(36)37)30(53)40-17-26(48)42-23(14-28(50)51)33(56)45-22(32(55)44-21)13-19-7-2-1-3-8-19/h1-3,7-8,16,20-25,29,46-47,52H,4-6,9-15,17-18H2,(H,38,49)(H,40,53)(H,42,48)(H,43,54)(H,44,55)(H,45,56)(H,50,51)(H4,36,37,39)/b41-16+/t20-,21-,22-,23-,24+,25-,29+/m0/s1/i35-1. The molecule has 0 bridgehead atoms. The highest BCUT2D eigenvalue weighted by Gasteiger charge is 2.33. The molecule has 0 unspecified atom stereocenters. The summed E-state index contributed by atoms with van der Waals surface area (Å²) < 4.78 is 12.4. The topological polar surface area (TPSA) is 359 Å². The van der Waals surface area contributed by atoms with Gasteiger partial charge in [0.25, 0.3) is 5.91 Å². The van der Waals surface area contributed by atoms with Crippen molar-refractivity contribution >= 4 is 53.6 Å². The molecule has 0 aliphatic carbocycles. The molecular formula is C34H51FN10O12. The van der Waals surface area contributed by atoms with Crippen molar-refractivity contribution in [2.24, 2.45) is 21.6 Å². The van der Waals surface area contributed by atoms with Gasteiger partial charge in [-0.3, -0.25) is 38.6 Å². The maximum atomic E-state index is 13.8. The van der Waals surface area contributed by atoms with Crippen molar-refractivity contribution in [2.75, 3.05) is 32.9 Å². The average Bonchev–Trinajstić information content (AvgIpc) is 3.17. The highest BCUT2D eigenvalue weighted by molar-refractivity contribution is 5.98. The van der Waals surface area contributed by atoms with Crippen LogP contribution in [0.15, 0.2) is 40.5 Å². The van der Waals surface area contributed by atoms with Gasteiger partial charge < -0.3 is 68.6 Å². The smallest absolute Gasteiger partial charge is 0.305 e. The Morgan fingerprint density at radius 3 is 2.14 bits per heavy atom. The lowest BCUT2D eigenvalue weighted by Gasteiger charge is -2.26. The molecule has 0 radical (unpaired) electrons. The van der Waals surface area contributed by atoms with Gasteiger partial charge >= 0.3 is 5.97 Å². The molecule has 1 heterocycles. The van der Waals surface area contributed by atoms with Gasteiger partial charge in [-0.15, -0.1) is 0 Å². The number of unbranched alkanes of at least 4 members (excludes halogenated alkanes) is 1. The number of guanidine groups is 1. The van der Waals surface area contributed by atoms with Crippen molar-refractivity contribution < 1.29 is 63.2 Å². The number of nitrogens with two attached hydrogens (primary N) is 2. The summed E-state index contributed by atoms with van der Waals surface area (Å²) in [4.78, 5) is 99.3. The van der Waals surface area contributed by atoms with Crippen LogP contribution < -0.4 is 43.4 Å². The molecule has 57 heavy (non-hydrogen) atoms. The monoisotopic (exact) mass is 809 g/mol. The Morgan fingerprint density at radius 2 is 1.49 bits per heavy atom. The lowest BCUT2D eigenvalue weighted by atomic mass is 10.0. The Morgan fingerprint density at radius 1 is 0.877 bits per heavy atom. The van der Waals surface area contributed by atoms with Crippen LogP contribution in [0.3, 0.4) is 0 Å². The lowest BCUT2D eigenvalue weighted by Crippen LogP contribution is -2.58. The van der Waals surface area contributed by atoms with Gasteiger partial charge in [-0.2, -0.15) is 0 Å². The molecule has 0 spiro atoms. The fourth-order valence-electron chi connectivity index (χ4n) is 5.20. The molecule has 316 valence electrons. The number of aliphatic hydroxyl groups excluding tert-OH is 3. The first kappa shape index (κ1) is 47.2. The van der Waals surface area contributed by atoms with Crippen LogP contribution in [-0.2, 0) is 44.8 Å². The number of carbonyl (C=O) groups excluding carboxylic acids is 6. The van der Waals surface area contributed by atoms with E-state index in [0.29, 0.717) is 11.8 Å². The van der Waals surface area contributed by atoms with Crippen LogP contribution in [0.1, 0.15) is 44.1 Å². The summed E-state index contributed by atoms with van der Waals surface area (Å²) in [6, 6.07) is 2.93. The Balaban J connectivity index is 2.25. The number of halogens is 1. The number of benzene rings is 1. The number of aliphatic carboxylic acids is 1. The number of carboxylic acids is 1. The number of nitrogens with one attached hydrogen (secondary N) is 6. The molecule has 1 aromatic rings.